The quantitative estimate of drug-likeness (QED) is 0.227. The molecule has 0 rings (SSSR count). The molecule has 5 N–H and O–H groups in total. The standard InChI is InChI=1S/C2H9N3O2/c1-6-2(3)7-5-4/h2,5H,3-4H2,1H3/t2-/m1/s1. The summed E-state index contributed by atoms with van der Waals surface area (Å²) in [4.78, 5) is 4.27. The van der Waals surface area contributed by atoms with E-state index in [1.165, 1.54) is 7.11 Å². The van der Waals surface area contributed by atoms with Gasteiger partial charge in [-0.3, -0.25) is 5.73 Å². The Morgan fingerprint density at radius 3 is 2.43 bits per heavy atom. The Morgan fingerprint density at radius 1 is 1.71 bits per heavy atom. The molecule has 0 radical (unpaired) electrons. The van der Waals surface area contributed by atoms with Crippen LogP contribution in [-0.2, 0) is 9.57 Å². The van der Waals surface area contributed by atoms with Gasteiger partial charge in [-0.1, -0.05) is 0 Å². The number of methoxy groups -OCH3 is 1. The molecular formula is C2H9N3O2. The molecule has 7 heavy (non-hydrogen) atoms. The van der Waals surface area contributed by atoms with Crippen LogP contribution in [0.4, 0.5) is 0 Å². The molecule has 1 atom stereocenters. The summed E-state index contributed by atoms with van der Waals surface area (Å²) in [6, 6.07) is 0. The van der Waals surface area contributed by atoms with Crippen molar-refractivity contribution in [1.29, 1.82) is 0 Å². The molecule has 0 heterocycles. The van der Waals surface area contributed by atoms with Gasteiger partial charge in [0.15, 0.2) is 0 Å². The second kappa shape index (κ2) is 3.97. The molecule has 0 amide bonds. The van der Waals surface area contributed by atoms with E-state index >= 15 is 0 Å². The lowest BCUT2D eigenvalue weighted by molar-refractivity contribution is -0.161. The molecule has 0 unspecified atom stereocenters. The Bertz CT molecular complexity index is 41.9. The van der Waals surface area contributed by atoms with E-state index in [9.17, 15) is 0 Å². The van der Waals surface area contributed by atoms with Crippen LogP contribution in [0.2, 0.25) is 0 Å². The monoisotopic (exact) mass is 107 g/mol. The van der Waals surface area contributed by atoms with Gasteiger partial charge in [0.25, 0.3) is 0 Å². The van der Waals surface area contributed by atoms with Gasteiger partial charge in [0, 0.05) is 7.11 Å². The van der Waals surface area contributed by atoms with Gasteiger partial charge in [0.2, 0.25) is 6.41 Å². The number of nitrogens with two attached hydrogens (primary N) is 2. The molecule has 0 aliphatic heterocycles. The van der Waals surface area contributed by atoms with Gasteiger partial charge in [0.1, 0.15) is 0 Å². The summed E-state index contributed by atoms with van der Waals surface area (Å²) in [7, 11) is 1.40. The summed E-state index contributed by atoms with van der Waals surface area (Å²) in [5.74, 6) is 4.67. The first kappa shape index (κ1) is 6.80. The molecule has 0 aromatic rings. The van der Waals surface area contributed by atoms with E-state index in [-0.39, 0.29) is 0 Å². The van der Waals surface area contributed by atoms with Gasteiger partial charge >= 0.3 is 0 Å². The summed E-state index contributed by atoms with van der Waals surface area (Å²) in [6.45, 7) is 0. The fourth-order valence-electron chi connectivity index (χ4n) is 0.115. The van der Waals surface area contributed by atoms with Crippen LogP contribution in [0.25, 0.3) is 0 Å². The largest absolute Gasteiger partial charge is 0.342 e. The molecule has 0 aliphatic carbocycles. The minimum Gasteiger partial charge on any atom is -0.342 e. The topological polar surface area (TPSA) is 82.5 Å². The highest BCUT2D eigenvalue weighted by Gasteiger charge is 1.92. The fourth-order valence-corrected chi connectivity index (χ4v) is 0.115. The normalized spacial score (nSPS) is 14.1. The summed E-state index contributed by atoms with van der Waals surface area (Å²) in [6.07, 6.45) is -0.787. The fraction of sp³-hybridized carbons (Fsp3) is 1.00. The third kappa shape index (κ3) is 3.64. The van der Waals surface area contributed by atoms with E-state index in [1.807, 2.05) is 5.59 Å². The third-order valence-electron chi connectivity index (χ3n) is 0.417. The Labute approximate surface area is 41.5 Å². The van der Waals surface area contributed by atoms with Crippen molar-refractivity contribution in [2.24, 2.45) is 11.6 Å². The maximum atomic E-state index is 5.00. The van der Waals surface area contributed by atoms with Gasteiger partial charge in [-0.25, -0.2) is 10.7 Å². The lowest BCUT2D eigenvalue weighted by atomic mass is 11.2. The molecule has 0 aromatic heterocycles. The van der Waals surface area contributed by atoms with Gasteiger partial charge in [-0.15, -0.1) is 5.59 Å². The summed E-state index contributed by atoms with van der Waals surface area (Å²) in [5.41, 5.74) is 6.86. The smallest absolute Gasteiger partial charge is 0.233 e. The van der Waals surface area contributed by atoms with Crippen molar-refractivity contribution in [2.45, 2.75) is 6.41 Å². The van der Waals surface area contributed by atoms with Crippen molar-refractivity contribution in [3.63, 3.8) is 0 Å². The minimum absolute atomic E-state index is 0.787. The average molecular weight is 107 g/mol. The van der Waals surface area contributed by atoms with Crippen LogP contribution in [0.3, 0.4) is 0 Å². The first-order valence-corrected chi connectivity index (χ1v) is 1.71. The van der Waals surface area contributed by atoms with E-state index in [2.05, 4.69) is 15.4 Å². The summed E-state index contributed by atoms with van der Waals surface area (Å²) < 4.78 is 4.40. The maximum absolute atomic E-state index is 5.00. The van der Waals surface area contributed by atoms with Gasteiger partial charge in [-0.05, 0) is 0 Å². The highest BCUT2D eigenvalue weighted by Crippen LogP contribution is 1.72. The molecule has 0 fully saturated rings. The number of hydrogen-bond donors (Lipinski definition) is 3. The molecule has 5 nitrogen and oxygen atoms in total. The summed E-state index contributed by atoms with van der Waals surface area (Å²) in [5, 5.41) is 0. The Hall–Kier alpha value is -0.200. The van der Waals surface area contributed by atoms with Crippen LogP contribution in [0.5, 0.6) is 0 Å². The predicted octanol–water partition coefficient (Wildman–Crippen LogP) is -1.73. The molecule has 0 saturated carbocycles. The zero-order valence-corrected chi connectivity index (χ0v) is 4.05. The SMILES string of the molecule is CO[C@@H](N)ONN. The molecule has 0 spiro atoms. The minimum atomic E-state index is -0.787. The second-order valence-electron chi connectivity index (χ2n) is 0.840. The summed E-state index contributed by atoms with van der Waals surface area (Å²) >= 11 is 0. The van der Waals surface area contributed by atoms with Crippen molar-refractivity contribution in [2.75, 3.05) is 7.11 Å². The molecule has 44 valence electrons. The van der Waals surface area contributed by atoms with Crippen LogP contribution >= 0.6 is 0 Å². The number of hydrazine groups is 1. The third-order valence-corrected chi connectivity index (χ3v) is 0.417. The van der Waals surface area contributed by atoms with Crippen LogP contribution in [0.15, 0.2) is 0 Å². The van der Waals surface area contributed by atoms with E-state index in [4.69, 9.17) is 5.73 Å². The van der Waals surface area contributed by atoms with E-state index in [0.29, 0.717) is 0 Å². The number of nitrogens with one attached hydrogen (secondary N) is 1. The molecule has 0 saturated heterocycles. The molecular weight excluding hydrogens is 98.0 g/mol. The maximum Gasteiger partial charge on any atom is 0.233 e. The van der Waals surface area contributed by atoms with Crippen LogP contribution in [-0.4, -0.2) is 13.5 Å². The highest BCUT2D eigenvalue weighted by molar-refractivity contribution is 4.13. The van der Waals surface area contributed by atoms with Crippen molar-refractivity contribution in [3.05, 3.63) is 0 Å². The number of hydrogen-bond acceptors (Lipinski definition) is 5. The first-order chi connectivity index (χ1) is 3.31. The number of ether oxygens (including phenoxy) is 1. The zero-order valence-electron chi connectivity index (χ0n) is 4.05. The van der Waals surface area contributed by atoms with Gasteiger partial charge in [-0.2, -0.15) is 0 Å². The van der Waals surface area contributed by atoms with E-state index in [0.717, 1.165) is 0 Å². The lowest BCUT2D eigenvalue weighted by Crippen LogP contribution is -2.35. The van der Waals surface area contributed by atoms with Crippen LogP contribution < -0.4 is 17.2 Å². The Balaban J connectivity index is 2.83. The Kier molecular flexibility index (Phi) is 3.86. The predicted molar refractivity (Wildman–Crippen MR) is 23.4 cm³/mol. The Morgan fingerprint density at radius 2 is 2.29 bits per heavy atom. The number of rotatable bonds is 3. The van der Waals surface area contributed by atoms with E-state index in [1.54, 1.807) is 0 Å². The van der Waals surface area contributed by atoms with Crippen molar-refractivity contribution in [1.82, 2.24) is 5.59 Å². The molecule has 0 aliphatic rings. The van der Waals surface area contributed by atoms with Crippen molar-refractivity contribution in [3.8, 4) is 0 Å². The van der Waals surface area contributed by atoms with Gasteiger partial charge < -0.3 is 4.74 Å². The average Bonchev–Trinajstić information content (AvgIpc) is 1.68. The van der Waals surface area contributed by atoms with Gasteiger partial charge in [0.05, 0.1) is 0 Å². The van der Waals surface area contributed by atoms with Crippen LogP contribution in [0, 0.1) is 0 Å². The van der Waals surface area contributed by atoms with Crippen LogP contribution in [0.1, 0.15) is 0 Å². The first-order valence-electron chi connectivity index (χ1n) is 1.71. The van der Waals surface area contributed by atoms with Crippen molar-refractivity contribution < 1.29 is 9.57 Å². The molecule has 0 aromatic carbocycles. The molecule has 5 heteroatoms. The highest BCUT2D eigenvalue weighted by atomic mass is 16.8. The second-order valence-corrected chi connectivity index (χ2v) is 0.840. The van der Waals surface area contributed by atoms with Crippen molar-refractivity contribution >= 4 is 0 Å². The molecule has 0 bridgehead atoms. The zero-order chi connectivity index (χ0) is 5.70. The lowest BCUT2D eigenvalue weighted by Gasteiger charge is -2.06. The van der Waals surface area contributed by atoms with E-state index < -0.39 is 6.41 Å².